The van der Waals surface area contributed by atoms with Gasteiger partial charge < -0.3 is 16.4 Å². The van der Waals surface area contributed by atoms with Crippen molar-refractivity contribution in [2.75, 3.05) is 10.6 Å². The lowest BCUT2D eigenvalue weighted by Gasteiger charge is -2.12. The lowest BCUT2D eigenvalue weighted by molar-refractivity contribution is 0.0998. The summed E-state index contributed by atoms with van der Waals surface area (Å²) in [5.41, 5.74) is 8.49. The molecule has 136 valence electrons. The molecule has 0 fully saturated rings. The monoisotopic (exact) mass is 379 g/mol. The first-order chi connectivity index (χ1) is 13.0. The van der Waals surface area contributed by atoms with E-state index in [1.165, 1.54) is 0 Å². The van der Waals surface area contributed by atoms with Gasteiger partial charge in [0.25, 0.3) is 11.8 Å². The van der Waals surface area contributed by atoms with Crippen LogP contribution in [0.4, 0.5) is 11.4 Å². The van der Waals surface area contributed by atoms with E-state index >= 15 is 0 Å². The minimum atomic E-state index is -0.487. The average molecular weight is 380 g/mol. The van der Waals surface area contributed by atoms with Gasteiger partial charge in [0, 0.05) is 17.9 Å². The van der Waals surface area contributed by atoms with Gasteiger partial charge in [0.05, 0.1) is 16.1 Å². The number of anilines is 2. The van der Waals surface area contributed by atoms with E-state index in [0.717, 1.165) is 5.56 Å². The Kier molecular flexibility index (Phi) is 5.74. The molecule has 0 bridgehead atoms. The Balaban J connectivity index is 1.70. The molecule has 0 saturated heterocycles. The number of carbonyl (C=O) groups excluding carboxylic acids is 2. The molecule has 0 heterocycles. The van der Waals surface area contributed by atoms with Crippen molar-refractivity contribution < 1.29 is 9.59 Å². The van der Waals surface area contributed by atoms with Crippen LogP contribution in [0.3, 0.4) is 0 Å². The van der Waals surface area contributed by atoms with E-state index in [1.54, 1.807) is 48.5 Å². The first kappa shape index (κ1) is 18.5. The van der Waals surface area contributed by atoms with Gasteiger partial charge in [-0.3, -0.25) is 9.59 Å². The van der Waals surface area contributed by atoms with Crippen LogP contribution >= 0.6 is 11.6 Å². The summed E-state index contributed by atoms with van der Waals surface area (Å²) >= 11 is 6.07. The van der Waals surface area contributed by atoms with Crippen LogP contribution in [0.25, 0.3) is 0 Å². The van der Waals surface area contributed by atoms with Gasteiger partial charge in [0.2, 0.25) is 0 Å². The molecule has 2 amide bonds. The lowest BCUT2D eigenvalue weighted by Crippen LogP contribution is -2.14. The van der Waals surface area contributed by atoms with Gasteiger partial charge >= 0.3 is 0 Å². The second-order valence-corrected chi connectivity index (χ2v) is 6.30. The Morgan fingerprint density at radius 2 is 1.59 bits per heavy atom. The zero-order valence-corrected chi connectivity index (χ0v) is 15.2. The second-order valence-electron chi connectivity index (χ2n) is 5.90. The Morgan fingerprint density at radius 3 is 2.33 bits per heavy atom. The standard InChI is InChI=1S/C21H18ClN3O2/c22-18-10-3-1-8-16(18)21(27)25-15-7-5-6-14(12-15)13-24-19-11-4-2-9-17(19)20(23)26/h1-12,24H,13H2,(H2,23,26)(H,25,27). The van der Waals surface area contributed by atoms with Crippen molar-refractivity contribution in [2.24, 2.45) is 5.73 Å². The number of primary amides is 1. The maximum absolute atomic E-state index is 12.4. The molecule has 0 aromatic heterocycles. The minimum absolute atomic E-state index is 0.273. The van der Waals surface area contributed by atoms with Crippen molar-refractivity contribution in [1.82, 2.24) is 0 Å². The van der Waals surface area contributed by atoms with E-state index in [2.05, 4.69) is 10.6 Å². The van der Waals surface area contributed by atoms with Crippen molar-refractivity contribution in [3.05, 3.63) is 94.5 Å². The van der Waals surface area contributed by atoms with Crippen LogP contribution in [0.2, 0.25) is 5.02 Å². The molecule has 0 aliphatic carbocycles. The smallest absolute Gasteiger partial charge is 0.257 e. The van der Waals surface area contributed by atoms with Crippen molar-refractivity contribution in [3.8, 4) is 0 Å². The molecule has 0 aliphatic heterocycles. The summed E-state index contributed by atoms with van der Waals surface area (Å²) in [6.45, 7) is 0.472. The molecule has 5 nitrogen and oxygen atoms in total. The lowest BCUT2D eigenvalue weighted by atomic mass is 10.1. The van der Waals surface area contributed by atoms with Crippen LogP contribution in [-0.4, -0.2) is 11.8 Å². The highest BCUT2D eigenvalue weighted by Crippen LogP contribution is 2.19. The highest BCUT2D eigenvalue weighted by molar-refractivity contribution is 6.34. The summed E-state index contributed by atoms with van der Waals surface area (Å²) in [6.07, 6.45) is 0. The molecular formula is C21H18ClN3O2. The topological polar surface area (TPSA) is 84.2 Å². The molecule has 6 heteroatoms. The number of hydrogen-bond donors (Lipinski definition) is 3. The summed E-state index contributed by atoms with van der Waals surface area (Å²) in [6, 6.07) is 21.4. The summed E-state index contributed by atoms with van der Waals surface area (Å²) in [5, 5.41) is 6.44. The SMILES string of the molecule is NC(=O)c1ccccc1NCc1cccc(NC(=O)c2ccccc2Cl)c1. The number of rotatable bonds is 6. The molecular weight excluding hydrogens is 362 g/mol. The third-order valence-electron chi connectivity index (χ3n) is 3.98. The number of nitrogens with one attached hydrogen (secondary N) is 2. The fraction of sp³-hybridized carbons (Fsp3) is 0.0476. The Bertz CT molecular complexity index is 988. The van der Waals surface area contributed by atoms with E-state index in [0.29, 0.717) is 34.1 Å². The van der Waals surface area contributed by atoms with Gasteiger partial charge in [-0.1, -0.05) is 48.0 Å². The van der Waals surface area contributed by atoms with Crippen LogP contribution in [0.5, 0.6) is 0 Å². The van der Waals surface area contributed by atoms with E-state index < -0.39 is 5.91 Å². The highest BCUT2D eigenvalue weighted by atomic mass is 35.5. The molecule has 0 atom stereocenters. The molecule has 0 aliphatic rings. The fourth-order valence-electron chi connectivity index (χ4n) is 2.65. The quantitative estimate of drug-likeness (QED) is 0.596. The predicted octanol–water partition coefficient (Wildman–Crippen LogP) is 4.30. The van der Waals surface area contributed by atoms with Gasteiger partial charge in [0.1, 0.15) is 0 Å². The molecule has 3 aromatic rings. The van der Waals surface area contributed by atoms with E-state index in [1.807, 2.05) is 24.3 Å². The number of benzene rings is 3. The molecule has 4 N–H and O–H groups in total. The third-order valence-corrected chi connectivity index (χ3v) is 4.31. The number of para-hydroxylation sites is 1. The summed E-state index contributed by atoms with van der Waals surface area (Å²) in [4.78, 5) is 23.9. The molecule has 0 unspecified atom stereocenters. The average Bonchev–Trinajstić information content (AvgIpc) is 2.67. The van der Waals surface area contributed by atoms with E-state index in [4.69, 9.17) is 17.3 Å². The zero-order chi connectivity index (χ0) is 19.2. The van der Waals surface area contributed by atoms with Crippen molar-refractivity contribution in [1.29, 1.82) is 0 Å². The van der Waals surface area contributed by atoms with Crippen LogP contribution in [0, 0.1) is 0 Å². The summed E-state index contributed by atoms with van der Waals surface area (Å²) in [5.74, 6) is -0.761. The largest absolute Gasteiger partial charge is 0.380 e. The second kappa shape index (κ2) is 8.38. The third kappa shape index (κ3) is 4.65. The van der Waals surface area contributed by atoms with Crippen molar-refractivity contribution in [2.45, 2.75) is 6.54 Å². The van der Waals surface area contributed by atoms with Gasteiger partial charge in [-0.05, 0) is 42.0 Å². The number of carbonyl (C=O) groups is 2. The van der Waals surface area contributed by atoms with Crippen LogP contribution in [0.1, 0.15) is 26.3 Å². The summed E-state index contributed by atoms with van der Waals surface area (Å²) < 4.78 is 0. The van der Waals surface area contributed by atoms with Crippen LogP contribution < -0.4 is 16.4 Å². The van der Waals surface area contributed by atoms with E-state index in [-0.39, 0.29) is 5.91 Å². The Labute approximate surface area is 162 Å². The van der Waals surface area contributed by atoms with E-state index in [9.17, 15) is 9.59 Å². The van der Waals surface area contributed by atoms with Gasteiger partial charge in [-0.15, -0.1) is 0 Å². The minimum Gasteiger partial charge on any atom is -0.380 e. The number of halogens is 1. The van der Waals surface area contributed by atoms with Crippen LogP contribution in [0.15, 0.2) is 72.8 Å². The normalized spacial score (nSPS) is 10.3. The van der Waals surface area contributed by atoms with Crippen molar-refractivity contribution in [3.63, 3.8) is 0 Å². The number of amides is 2. The molecule has 0 saturated carbocycles. The molecule has 3 aromatic carbocycles. The Morgan fingerprint density at radius 1 is 0.889 bits per heavy atom. The predicted molar refractivity (Wildman–Crippen MR) is 108 cm³/mol. The van der Waals surface area contributed by atoms with Gasteiger partial charge in [-0.2, -0.15) is 0 Å². The van der Waals surface area contributed by atoms with Gasteiger partial charge in [-0.25, -0.2) is 0 Å². The first-order valence-corrected chi connectivity index (χ1v) is 8.70. The molecule has 0 spiro atoms. The maximum Gasteiger partial charge on any atom is 0.257 e. The zero-order valence-electron chi connectivity index (χ0n) is 14.4. The molecule has 3 rings (SSSR count). The highest BCUT2D eigenvalue weighted by Gasteiger charge is 2.10. The molecule has 27 heavy (non-hydrogen) atoms. The maximum atomic E-state index is 12.4. The first-order valence-electron chi connectivity index (χ1n) is 8.32. The number of hydrogen-bond acceptors (Lipinski definition) is 3. The Hall–Kier alpha value is -3.31. The van der Waals surface area contributed by atoms with Crippen LogP contribution in [-0.2, 0) is 6.54 Å². The summed E-state index contributed by atoms with van der Waals surface area (Å²) in [7, 11) is 0. The molecule has 0 radical (unpaired) electrons. The van der Waals surface area contributed by atoms with Gasteiger partial charge in [0.15, 0.2) is 0 Å². The van der Waals surface area contributed by atoms with Crippen molar-refractivity contribution >= 4 is 34.8 Å². The fourth-order valence-corrected chi connectivity index (χ4v) is 2.87. The number of nitrogens with two attached hydrogens (primary N) is 1.